The summed E-state index contributed by atoms with van der Waals surface area (Å²) < 4.78 is 11.0. The van der Waals surface area contributed by atoms with Crippen molar-refractivity contribution in [1.82, 2.24) is 0 Å². The van der Waals surface area contributed by atoms with Gasteiger partial charge in [0.05, 0.1) is 19.8 Å². The molecule has 0 aromatic heterocycles. The summed E-state index contributed by atoms with van der Waals surface area (Å²) in [5, 5.41) is 9.09. The molecule has 0 saturated heterocycles. The summed E-state index contributed by atoms with van der Waals surface area (Å²) in [6.07, 6.45) is 6.03. The molecule has 0 bridgehead atoms. The van der Waals surface area contributed by atoms with Crippen LogP contribution in [0.3, 0.4) is 0 Å². The van der Waals surface area contributed by atoms with E-state index in [9.17, 15) is 4.79 Å². The number of carboxylic acids is 1. The van der Waals surface area contributed by atoms with Crippen molar-refractivity contribution in [3.05, 3.63) is 94.0 Å². The Bertz CT molecular complexity index is 1130. The van der Waals surface area contributed by atoms with E-state index in [1.165, 1.54) is 22.3 Å². The van der Waals surface area contributed by atoms with Crippen molar-refractivity contribution in [2.24, 2.45) is 0 Å². The Hall–Kier alpha value is -3.53. The van der Waals surface area contributed by atoms with E-state index < -0.39 is 5.97 Å². The number of fused-ring (bicyclic) bond motifs is 1. The largest absolute Gasteiger partial charge is 0.497 e. The van der Waals surface area contributed by atoms with Crippen LogP contribution >= 0.6 is 0 Å². The third-order valence-corrected chi connectivity index (χ3v) is 5.87. The maximum atomic E-state index is 11.1. The van der Waals surface area contributed by atoms with Gasteiger partial charge in [-0.3, -0.25) is 0 Å². The second-order valence-electron chi connectivity index (χ2n) is 7.73. The fourth-order valence-corrected chi connectivity index (χ4v) is 4.25. The van der Waals surface area contributed by atoms with Crippen LogP contribution in [0.4, 0.5) is 0 Å². The predicted octanol–water partition coefficient (Wildman–Crippen LogP) is 5.67. The van der Waals surface area contributed by atoms with Crippen LogP contribution in [-0.4, -0.2) is 25.3 Å². The van der Waals surface area contributed by atoms with E-state index in [0.717, 1.165) is 48.3 Å². The first-order valence-electron chi connectivity index (χ1n) is 10.4. The number of aryl methyl sites for hydroxylation is 3. The number of aromatic carboxylic acids is 1. The number of carboxylic acid groups (broad SMARTS) is 1. The van der Waals surface area contributed by atoms with Gasteiger partial charge in [-0.1, -0.05) is 30.3 Å². The highest BCUT2D eigenvalue weighted by atomic mass is 16.5. The van der Waals surface area contributed by atoms with Gasteiger partial charge in [-0.05, 0) is 89.9 Å². The number of methoxy groups -OCH3 is 2. The van der Waals surface area contributed by atoms with E-state index >= 15 is 0 Å². The quantitative estimate of drug-likeness (QED) is 0.541. The summed E-state index contributed by atoms with van der Waals surface area (Å²) in [6, 6.07) is 19.6. The Balaban J connectivity index is 1.62. The van der Waals surface area contributed by atoms with Crippen LogP contribution in [0.25, 0.3) is 11.6 Å². The molecule has 3 aromatic carbocycles. The molecule has 4 nitrogen and oxygen atoms in total. The molecule has 158 valence electrons. The standard InChI is InChI=1S/C27H26O4/c1-30-24-14-15-25(31-2)23(17-24)16-22-13-12-20-5-3-4-19(26(20)22)9-6-18-7-10-21(11-8-18)27(28)29/h3-5,7-8,10-11,14-17H,6,9,12-13H2,1-2H3,(H,28,29)/b22-16+. The number of ether oxygens (including phenoxy) is 2. The Morgan fingerprint density at radius 2 is 1.77 bits per heavy atom. The molecule has 0 saturated carbocycles. The van der Waals surface area contributed by atoms with Gasteiger partial charge in [-0.25, -0.2) is 4.79 Å². The SMILES string of the molecule is COc1ccc(OC)c(/C=C2\CCc3cccc(CCc4ccc(C(=O)O)cc4)c32)c1. The fourth-order valence-electron chi connectivity index (χ4n) is 4.25. The van der Waals surface area contributed by atoms with Crippen LogP contribution in [0, 0.1) is 0 Å². The van der Waals surface area contributed by atoms with Gasteiger partial charge in [0, 0.05) is 5.56 Å². The highest BCUT2D eigenvalue weighted by Gasteiger charge is 2.20. The number of benzene rings is 3. The molecule has 1 aliphatic rings. The summed E-state index contributed by atoms with van der Waals surface area (Å²) in [7, 11) is 3.36. The first-order chi connectivity index (χ1) is 15.1. The minimum absolute atomic E-state index is 0.321. The Labute approximate surface area is 182 Å². The van der Waals surface area contributed by atoms with Crippen molar-refractivity contribution in [3.8, 4) is 11.5 Å². The molecule has 0 spiro atoms. The number of hydrogen-bond donors (Lipinski definition) is 1. The lowest BCUT2D eigenvalue weighted by molar-refractivity contribution is 0.0697. The van der Waals surface area contributed by atoms with Gasteiger partial charge in [0.15, 0.2) is 0 Å². The molecule has 3 aromatic rings. The minimum atomic E-state index is -0.893. The third kappa shape index (κ3) is 4.48. The van der Waals surface area contributed by atoms with E-state index in [1.54, 1.807) is 26.4 Å². The highest BCUT2D eigenvalue weighted by Crippen LogP contribution is 2.38. The third-order valence-electron chi connectivity index (χ3n) is 5.87. The molecule has 31 heavy (non-hydrogen) atoms. The zero-order valence-corrected chi connectivity index (χ0v) is 17.9. The normalized spacial score (nSPS) is 13.8. The molecular weight excluding hydrogens is 388 g/mol. The zero-order chi connectivity index (χ0) is 21.8. The van der Waals surface area contributed by atoms with Gasteiger partial charge in [-0.2, -0.15) is 0 Å². The van der Waals surface area contributed by atoms with Crippen molar-refractivity contribution in [2.75, 3.05) is 14.2 Å². The van der Waals surface area contributed by atoms with E-state index in [2.05, 4.69) is 24.3 Å². The first-order valence-corrected chi connectivity index (χ1v) is 10.4. The van der Waals surface area contributed by atoms with Crippen LogP contribution in [0.2, 0.25) is 0 Å². The summed E-state index contributed by atoms with van der Waals surface area (Å²) in [5.74, 6) is 0.747. The zero-order valence-electron chi connectivity index (χ0n) is 17.9. The van der Waals surface area contributed by atoms with Crippen LogP contribution in [-0.2, 0) is 19.3 Å². The minimum Gasteiger partial charge on any atom is -0.497 e. The number of carbonyl (C=O) groups is 1. The molecule has 1 aliphatic carbocycles. The average Bonchev–Trinajstić information content (AvgIpc) is 3.21. The van der Waals surface area contributed by atoms with E-state index in [4.69, 9.17) is 14.6 Å². The van der Waals surface area contributed by atoms with E-state index in [0.29, 0.717) is 5.56 Å². The first kappa shape index (κ1) is 20.7. The van der Waals surface area contributed by atoms with Crippen LogP contribution in [0.5, 0.6) is 11.5 Å². The molecule has 0 amide bonds. The average molecular weight is 415 g/mol. The second-order valence-corrected chi connectivity index (χ2v) is 7.73. The van der Waals surface area contributed by atoms with Crippen molar-refractivity contribution in [1.29, 1.82) is 0 Å². The molecule has 0 atom stereocenters. The smallest absolute Gasteiger partial charge is 0.335 e. The molecule has 0 unspecified atom stereocenters. The lowest BCUT2D eigenvalue weighted by atomic mass is 9.94. The number of hydrogen-bond acceptors (Lipinski definition) is 3. The van der Waals surface area contributed by atoms with Crippen molar-refractivity contribution >= 4 is 17.6 Å². The van der Waals surface area contributed by atoms with Gasteiger partial charge >= 0.3 is 5.97 Å². The second kappa shape index (κ2) is 9.09. The maximum absolute atomic E-state index is 11.1. The summed E-state index contributed by atoms with van der Waals surface area (Å²) in [6.45, 7) is 0. The molecule has 1 N–H and O–H groups in total. The molecular formula is C27H26O4. The fraction of sp³-hybridized carbons (Fsp3) is 0.222. The molecule has 4 heteroatoms. The Morgan fingerprint density at radius 1 is 0.968 bits per heavy atom. The summed E-state index contributed by atoms with van der Waals surface area (Å²) in [5.41, 5.74) is 7.84. The molecule has 0 aliphatic heterocycles. The van der Waals surface area contributed by atoms with Gasteiger partial charge < -0.3 is 14.6 Å². The van der Waals surface area contributed by atoms with Gasteiger partial charge in [0.2, 0.25) is 0 Å². The van der Waals surface area contributed by atoms with Crippen molar-refractivity contribution < 1.29 is 19.4 Å². The monoisotopic (exact) mass is 414 g/mol. The van der Waals surface area contributed by atoms with Gasteiger partial charge in [0.25, 0.3) is 0 Å². The van der Waals surface area contributed by atoms with Crippen molar-refractivity contribution in [3.63, 3.8) is 0 Å². The highest BCUT2D eigenvalue weighted by molar-refractivity contribution is 5.88. The lowest BCUT2D eigenvalue weighted by Crippen LogP contribution is -1.99. The summed E-state index contributed by atoms with van der Waals surface area (Å²) >= 11 is 0. The van der Waals surface area contributed by atoms with E-state index in [1.807, 2.05) is 30.3 Å². The van der Waals surface area contributed by atoms with Crippen LogP contribution in [0.15, 0.2) is 60.7 Å². The topological polar surface area (TPSA) is 55.8 Å². The molecule has 0 fully saturated rings. The van der Waals surface area contributed by atoms with Gasteiger partial charge in [0.1, 0.15) is 11.5 Å². The Kier molecular flexibility index (Phi) is 6.08. The maximum Gasteiger partial charge on any atom is 0.335 e. The van der Waals surface area contributed by atoms with Crippen LogP contribution in [0.1, 0.15) is 44.6 Å². The number of allylic oxidation sites excluding steroid dienone is 1. The molecule has 0 radical (unpaired) electrons. The molecule has 0 heterocycles. The Morgan fingerprint density at radius 3 is 2.48 bits per heavy atom. The molecule has 4 rings (SSSR count). The van der Waals surface area contributed by atoms with Gasteiger partial charge in [-0.15, -0.1) is 0 Å². The predicted molar refractivity (Wildman–Crippen MR) is 123 cm³/mol. The summed E-state index contributed by atoms with van der Waals surface area (Å²) in [4.78, 5) is 11.1. The number of rotatable bonds is 7. The van der Waals surface area contributed by atoms with Crippen molar-refractivity contribution in [2.45, 2.75) is 25.7 Å². The lowest BCUT2D eigenvalue weighted by Gasteiger charge is -2.12. The van der Waals surface area contributed by atoms with Crippen LogP contribution < -0.4 is 9.47 Å². The van der Waals surface area contributed by atoms with E-state index in [-0.39, 0.29) is 0 Å².